The minimum Gasteiger partial charge on any atom is -0.496 e. The Labute approximate surface area is 182 Å². The first kappa shape index (κ1) is 21.8. The van der Waals surface area contributed by atoms with E-state index < -0.39 is 0 Å². The number of carbonyl (C=O) groups excluding carboxylic acids is 1. The minimum absolute atomic E-state index is 0.0111. The van der Waals surface area contributed by atoms with E-state index in [0.29, 0.717) is 24.4 Å². The number of benzene rings is 2. The Morgan fingerprint density at radius 2 is 1.94 bits per heavy atom. The van der Waals surface area contributed by atoms with Crippen LogP contribution in [0.15, 0.2) is 72.1 Å². The summed E-state index contributed by atoms with van der Waals surface area (Å²) >= 11 is 0. The molecule has 0 fully saturated rings. The fraction of sp³-hybridized carbons (Fsp3) is 0.208. The first-order chi connectivity index (χ1) is 15.0. The van der Waals surface area contributed by atoms with Crippen LogP contribution >= 0.6 is 0 Å². The first-order valence-corrected chi connectivity index (χ1v) is 9.94. The lowest BCUT2D eigenvalue weighted by atomic mass is 9.85. The quantitative estimate of drug-likeness (QED) is 0.409. The Morgan fingerprint density at radius 3 is 2.65 bits per heavy atom. The summed E-state index contributed by atoms with van der Waals surface area (Å²) in [4.78, 5) is 14.8. The highest BCUT2D eigenvalue weighted by molar-refractivity contribution is 6.12. The number of nitrogens with two attached hydrogens (primary N) is 1. The zero-order valence-corrected chi connectivity index (χ0v) is 17.7. The van der Waals surface area contributed by atoms with Crippen LogP contribution in [-0.4, -0.2) is 43.4 Å². The van der Waals surface area contributed by atoms with Crippen LogP contribution in [0, 0.1) is 10.8 Å². The van der Waals surface area contributed by atoms with Gasteiger partial charge >= 0.3 is 0 Å². The summed E-state index contributed by atoms with van der Waals surface area (Å²) in [6, 6.07) is 15.1. The van der Waals surface area contributed by atoms with Crippen molar-refractivity contribution in [3.8, 4) is 5.75 Å². The summed E-state index contributed by atoms with van der Waals surface area (Å²) < 4.78 is 5.30. The number of nitrogens with zero attached hydrogens (tertiary/aromatic N) is 1. The fourth-order valence-electron chi connectivity index (χ4n) is 3.80. The number of ether oxygens (including phenoxy) is 1. The van der Waals surface area contributed by atoms with Gasteiger partial charge in [0.15, 0.2) is 0 Å². The van der Waals surface area contributed by atoms with Gasteiger partial charge in [-0.1, -0.05) is 36.4 Å². The highest BCUT2D eigenvalue weighted by Crippen LogP contribution is 2.33. The summed E-state index contributed by atoms with van der Waals surface area (Å²) in [7, 11) is 3.32. The molecular weight excluding hydrogens is 390 g/mol. The molecule has 7 nitrogen and oxygen atoms in total. The van der Waals surface area contributed by atoms with Crippen molar-refractivity contribution in [2.45, 2.75) is 12.5 Å². The van der Waals surface area contributed by atoms with E-state index in [-0.39, 0.29) is 23.2 Å². The molecule has 1 aliphatic rings. The van der Waals surface area contributed by atoms with Crippen molar-refractivity contribution in [1.82, 2.24) is 10.2 Å². The summed E-state index contributed by atoms with van der Waals surface area (Å²) in [5.41, 5.74) is 9.67. The average Bonchev–Trinajstić information content (AvgIpc) is 2.81. The van der Waals surface area contributed by atoms with E-state index in [9.17, 15) is 4.79 Å². The van der Waals surface area contributed by atoms with E-state index in [1.165, 1.54) is 19.4 Å². The SMILES string of the molecule is CN/C=C(\C=N)C1CN(C(=O)/C(N)=C/C(=N)c2ccccc2OC)Cc2ccccc21. The lowest BCUT2D eigenvalue weighted by Gasteiger charge is -2.35. The second kappa shape index (κ2) is 9.75. The molecule has 0 saturated carbocycles. The largest absolute Gasteiger partial charge is 0.496 e. The number of hydrogen-bond donors (Lipinski definition) is 4. The van der Waals surface area contributed by atoms with Crippen LogP contribution in [0.3, 0.4) is 0 Å². The first-order valence-electron chi connectivity index (χ1n) is 9.94. The molecule has 7 heteroatoms. The van der Waals surface area contributed by atoms with Crippen LogP contribution in [0.25, 0.3) is 0 Å². The van der Waals surface area contributed by atoms with Gasteiger partial charge in [-0.3, -0.25) is 4.79 Å². The second-order valence-corrected chi connectivity index (χ2v) is 7.23. The molecule has 0 saturated heterocycles. The molecule has 1 amide bonds. The molecule has 2 aromatic rings. The average molecular weight is 418 g/mol. The third-order valence-corrected chi connectivity index (χ3v) is 5.31. The lowest BCUT2D eigenvalue weighted by Crippen LogP contribution is -2.41. The lowest BCUT2D eigenvalue weighted by molar-refractivity contribution is -0.128. The zero-order valence-electron chi connectivity index (χ0n) is 17.7. The molecule has 2 aromatic carbocycles. The molecule has 31 heavy (non-hydrogen) atoms. The molecule has 0 radical (unpaired) electrons. The fourth-order valence-corrected chi connectivity index (χ4v) is 3.80. The maximum atomic E-state index is 13.2. The number of rotatable bonds is 7. The van der Waals surface area contributed by atoms with Crippen molar-refractivity contribution >= 4 is 17.8 Å². The molecule has 160 valence electrons. The van der Waals surface area contributed by atoms with Crippen molar-refractivity contribution in [1.29, 1.82) is 10.8 Å². The van der Waals surface area contributed by atoms with Crippen molar-refractivity contribution < 1.29 is 9.53 Å². The smallest absolute Gasteiger partial charge is 0.270 e. The molecule has 1 unspecified atom stereocenters. The van der Waals surface area contributed by atoms with Crippen molar-refractivity contribution in [2.24, 2.45) is 5.73 Å². The minimum atomic E-state index is -0.340. The van der Waals surface area contributed by atoms with Gasteiger partial charge in [0.05, 0.1) is 18.5 Å². The van der Waals surface area contributed by atoms with Crippen LogP contribution in [0.5, 0.6) is 5.75 Å². The predicted molar refractivity (Wildman–Crippen MR) is 123 cm³/mol. The number of hydrogen-bond acceptors (Lipinski definition) is 6. The molecule has 0 aromatic heterocycles. The van der Waals surface area contributed by atoms with E-state index in [1.807, 2.05) is 30.3 Å². The Bertz CT molecular complexity index is 1060. The van der Waals surface area contributed by atoms with E-state index >= 15 is 0 Å². The van der Waals surface area contributed by atoms with Gasteiger partial charge in [-0.25, -0.2) is 0 Å². The van der Waals surface area contributed by atoms with Gasteiger partial charge in [0, 0.05) is 44.0 Å². The van der Waals surface area contributed by atoms with Crippen molar-refractivity contribution in [2.75, 3.05) is 20.7 Å². The maximum absolute atomic E-state index is 13.2. The summed E-state index contributed by atoms with van der Waals surface area (Å²) in [5, 5.41) is 19.2. The topological polar surface area (TPSA) is 115 Å². The van der Waals surface area contributed by atoms with Gasteiger partial charge in [-0.2, -0.15) is 0 Å². The summed E-state index contributed by atoms with van der Waals surface area (Å²) in [5.74, 6) is 0.0667. The van der Waals surface area contributed by atoms with Crippen LogP contribution in [0.2, 0.25) is 0 Å². The monoisotopic (exact) mass is 417 g/mol. The maximum Gasteiger partial charge on any atom is 0.270 e. The molecule has 1 heterocycles. The Kier molecular flexibility index (Phi) is 6.87. The number of fused-ring (bicyclic) bond motifs is 1. The van der Waals surface area contributed by atoms with Crippen LogP contribution in [-0.2, 0) is 11.3 Å². The van der Waals surface area contributed by atoms with E-state index in [1.54, 1.807) is 36.3 Å². The number of nitrogens with one attached hydrogen (secondary N) is 3. The van der Waals surface area contributed by atoms with Gasteiger partial charge in [0.2, 0.25) is 0 Å². The molecule has 1 aliphatic heterocycles. The van der Waals surface area contributed by atoms with E-state index in [0.717, 1.165) is 16.7 Å². The number of amides is 1. The number of allylic oxidation sites excluding steroid dienone is 1. The molecule has 0 bridgehead atoms. The molecule has 5 N–H and O–H groups in total. The van der Waals surface area contributed by atoms with Crippen LogP contribution < -0.4 is 15.8 Å². The van der Waals surface area contributed by atoms with Gasteiger partial charge < -0.3 is 31.5 Å². The zero-order chi connectivity index (χ0) is 22.4. The number of methoxy groups -OCH3 is 1. The summed E-state index contributed by atoms with van der Waals surface area (Å²) in [6.07, 6.45) is 4.46. The number of carbonyl (C=O) groups is 1. The highest BCUT2D eigenvalue weighted by Gasteiger charge is 2.30. The standard InChI is InChI=1S/C24H27N5O2/c1-28-13-17(12-25)20-15-29(14-16-7-3-4-8-18(16)20)24(30)22(27)11-21(26)19-9-5-6-10-23(19)31-2/h3-13,20,25-26,28H,14-15,27H2,1-2H3/b17-13+,22-11-,25-12?,26-21?. The van der Waals surface area contributed by atoms with Gasteiger partial charge in [0.25, 0.3) is 5.91 Å². The van der Waals surface area contributed by atoms with Gasteiger partial charge in [0.1, 0.15) is 5.75 Å². The normalized spacial score (nSPS) is 16.3. The Balaban J connectivity index is 1.89. The van der Waals surface area contributed by atoms with Crippen molar-refractivity contribution in [3.63, 3.8) is 0 Å². The molecule has 0 spiro atoms. The number of para-hydroxylation sites is 1. The van der Waals surface area contributed by atoms with Gasteiger partial charge in [-0.15, -0.1) is 0 Å². The van der Waals surface area contributed by atoms with Crippen molar-refractivity contribution in [3.05, 3.63) is 88.8 Å². The highest BCUT2D eigenvalue weighted by atomic mass is 16.5. The third kappa shape index (κ3) is 4.66. The molecule has 0 aliphatic carbocycles. The summed E-state index contributed by atoms with van der Waals surface area (Å²) in [6.45, 7) is 0.822. The Morgan fingerprint density at radius 1 is 1.23 bits per heavy atom. The van der Waals surface area contributed by atoms with Gasteiger partial charge in [-0.05, 0) is 34.9 Å². The molecular formula is C24H27N5O2. The third-order valence-electron chi connectivity index (χ3n) is 5.31. The van der Waals surface area contributed by atoms with E-state index in [2.05, 4.69) is 5.32 Å². The van der Waals surface area contributed by atoms with Crippen LogP contribution in [0.1, 0.15) is 22.6 Å². The second-order valence-electron chi connectivity index (χ2n) is 7.23. The van der Waals surface area contributed by atoms with Crippen LogP contribution in [0.4, 0.5) is 0 Å². The molecule has 3 rings (SSSR count). The van der Waals surface area contributed by atoms with E-state index in [4.69, 9.17) is 21.3 Å². The predicted octanol–water partition coefficient (Wildman–Crippen LogP) is 2.78. The Hall–Kier alpha value is -3.87. The molecule has 1 atom stereocenters.